The summed E-state index contributed by atoms with van der Waals surface area (Å²) < 4.78 is 10.1. The van der Waals surface area contributed by atoms with Crippen LogP contribution in [-0.4, -0.2) is 58.7 Å². The second kappa shape index (κ2) is 22.2. The molecule has 0 aliphatic rings. The molecule has 0 radical (unpaired) electrons. The highest BCUT2D eigenvalue weighted by molar-refractivity contribution is 5.78. The normalized spacial score (nSPS) is 12.2. The topological polar surface area (TPSA) is 182 Å². The van der Waals surface area contributed by atoms with Crippen molar-refractivity contribution in [1.82, 2.24) is 0 Å². The lowest BCUT2D eigenvalue weighted by Gasteiger charge is -2.19. The number of aliphatic carboxylic acids is 1. The third kappa shape index (κ3) is 21.1. The summed E-state index contributed by atoms with van der Waals surface area (Å²) >= 11 is 0. The smallest absolute Gasteiger partial charge is 0.323 e. The number of benzene rings is 2. The van der Waals surface area contributed by atoms with E-state index in [1.165, 1.54) is 12.0 Å². The van der Waals surface area contributed by atoms with E-state index in [0.29, 0.717) is 25.2 Å². The molecule has 0 saturated carbocycles. The van der Waals surface area contributed by atoms with Crippen LogP contribution in [0, 0.1) is 11.3 Å². The molecule has 0 aliphatic carbocycles. The maximum atomic E-state index is 11.8. The molecule has 256 valence electrons. The van der Waals surface area contributed by atoms with Gasteiger partial charge >= 0.3 is 17.9 Å². The molecule has 2 aromatic rings. The first kappa shape index (κ1) is 43.8. The van der Waals surface area contributed by atoms with Gasteiger partial charge in [0.1, 0.15) is 24.6 Å². The zero-order chi connectivity index (χ0) is 35.4. The SMILES string of the molecule is CC(C)(C)c1ccc(CC(N)C(=O)O)cc1.CCC(C)C.CCOC(=O)C(N)Cc1ccc(OC(=O)C(C)(C)C)cc1.OCO. The third-order valence-electron chi connectivity index (χ3n) is 6.20. The molecule has 2 rings (SSSR count). The molecule has 7 N–H and O–H groups in total. The lowest BCUT2D eigenvalue weighted by atomic mass is 9.86. The van der Waals surface area contributed by atoms with Gasteiger partial charge in [0.05, 0.1) is 12.0 Å². The first-order valence-electron chi connectivity index (χ1n) is 15.3. The second-order valence-corrected chi connectivity index (χ2v) is 12.9. The molecule has 0 saturated heterocycles. The minimum absolute atomic E-state index is 0.118. The van der Waals surface area contributed by atoms with Crippen molar-refractivity contribution in [3.8, 4) is 5.75 Å². The molecule has 0 heterocycles. The Morgan fingerprint density at radius 2 is 1.18 bits per heavy atom. The quantitative estimate of drug-likeness (QED) is 0.143. The summed E-state index contributed by atoms with van der Waals surface area (Å²) in [5, 5.41) is 23.0. The van der Waals surface area contributed by atoms with Crippen LogP contribution >= 0.6 is 0 Å². The zero-order valence-electron chi connectivity index (χ0n) is 28.9. The fraction of sp³-hybridized carbons (Fsp3) is 0.571. The Morgan fingerprint density at radius 1 is 0.778 bits per heavy atom. The number of carboxylic acid groups (broad SMARTS) is 1. The van der Waals surface area contributed by atoms with Gasteiger partial charge in [-0.2, -0.15) is 0 Å². The van der Waals surface area contributed by atoms with Crippen LogP contribution in [0.3, 0.4) is 0 Å². The van der Waals surface area contributed by atoms with Gasteiger partial charge in [-0.3, -0.25) is 14.4 Å². The number of carboxylic acids is 1. The van der Waals surface area contributed by atoms with Crippen LogP contribution in [0.15, 0.2) is 48.5 Å². The van der Waals surface area contributed by atoms with Crippen molar-refractivity contribution < 1.29 is 39.2 Å². The number of carbonyl (C=O) groups is 3. The van der Waals surface area contributed by atoms with Gasteiger partial charge in [0, 0.05) is 0 Å². The molecule has 0 amide bonds. The number of hydrogen-bond donors (Lipinski definition) is 5. The van der Waals surface area contributed by atoms with Gasteiger partial charge in [0.2, 0.25) is 0 Å². The molecule has 0 bridgehead atoms. The maximum absolute atomic E-state index is 11.8. The van der Waals surface area contributed by atoms with Gasteiger partial charge < -0.3 is 36.3 Å². The Hall–Kier alpha value is -3.31. The summed E-state index contributed by atoms with van der Waals surface area (Å²) in [6, 6.07) is 13.4. The number of carbonyl (C=O) groups excluding carboxylic acids is 2. The zero-order valence-corrected chi connectivity index (χ0v) is 28.9. The van der Waals surface area contributed by atoms with Crippen molar-refractivity contribution in [2.24, 2.45) is 22.8 Å². The van der Waals surface area contributed by atoms with E-state index in [4.69, 9.17) is 36.3 Å². The fourth-order valence-corrected chi connectivity index (χ4v) is 3.02. The number of ether oxygens (including phenoxy) is 2. The van der Waals surface area contributed by atoms with Crippen LogP contribution in [0.25, 0.3) is 0 Å². The van der Waals surface area contributed by atoms with Gasteiger partial charge in [-0.15, -0.1) is 0 Å². The van der Waals surface area contributed by atoms with Crippen LogP contribution in [0.5, 0.6) is 5.75 Å². The summed E-state index contributed by atoms with van der Waals surface area (Å²) in [6.07, 6.45) is 2.06. The molecule has 0 aromatic heterocycles. The third-order valence-corrected chi connectivity index (χ3v) is 6.20. The van der Waals surface area contributed by atoms with E-state index in [9.17, 15) is 14.4 Å². The Kier molecular flexibility index (Phi) is 21.7. The van der Waals surface area contributed by atoms with Crippen molar-refractivity contribution in [2.45, 2.75) is 106 Å². The Balaban J connectivity index is 0. The Bertz CT molecular complexity index is 1100. The minimum Gasteiger partial charge on any atom is -0.480 e. The predicted molar refractivity (Wildman–Crippen MR) is 179 cm³/mol. The molecule has 2 aromatic carbocycles. The van der Waals surface area contributed by atoms with Gasteiger partial charge in [0.15, 0.2) is 0 Å². The average Bonchev–Trinajstić information content (AvgIpc) is 2.94. The lowest BCUT2D eigenvalue weighted by Crippen LogP contribution is -2.34. The van der Waals surface area contributed by atoms with Crippen molar-refractivity contribution in [1.29, 1.82) is 0 Å². The number of nitrogens with two attached hydrogens (primary N) is 2. The number of hydrogen-bond acceptors (Lipinski definition) is 9. The molecular weight excluding hydrogens is 576 g/mol. The van der Waals surface area contributed by atoms with E-state index in [1.807, 2.05) is 24.3 Å². The molecule has 0 spiro atoms. The molecule has 45 heavy (non-hydrogen) atoms. The summed E-state index contributed by atoms with van der Waals surface area (Å²) in [5.41, 5.74) is 13.9. The molecule has 10 heteroatoms. The summed E-state index contributed by atoms with van der Waals surface area (Å²) in [4.78, 5) is 33.8. The summed E-state index contributed by atoms with van der Waals surface area (Å²) in [6.45, 7) is 19.8. The summed E-state index contributed by atoms with van der Waals surface area (Å²) in [7, 11) is 0. The van der Waals surface area contributed by atoms with Crippen molar-refractivity contribution in [3.63, 3.8) is 0 Å². The van der Waals surface area contributed by atoms with Gasteiger partial charge in [-0.1, -0.05) is 84.4 Å². The van der Waals surface area contributed by atoms with Gasteiger partial charge in [0.25, 0.3) is 0 Å². The van der Waals surface area contributed by atoms with Crippen LogP contribution in [0.2, 0.25) is 0 Å². The first-order chi connectivity index (χ1) is 20.7. The number of esters is 2. The largest absolute Gasteiger partial charge is 0.480 e. The van der Waals surface area contributed by atoms with Crippen LogP contribution < -0.4 is 16.2 Å². The molecule has 10 nitrogen and oxygen atoms in total. The van der Waals surface area contributed by atoms with Crippen LogP contribution in [0.4, 0.5) is 0 Å². The van der Waals surface area contributed by atoms with Crippen molar-refractivity contribution in [2.75, 3.05) is 13.4 Å². The van der Waals surface area contributed by atoms with Crippen molar-refractivity contribution in [3.05, 3.63) is 65.2 Å². The number of rotatable bonds is 9. The predicted octanol–water partition coefficient (Wildman–Crippen LogP) is 4.99. The highest BCUT2D eigenvalue weighted by Crippen LogP contribution is 2.22. The van der Waals surface area contributed by atoms with E-state index >= 15 is 0 Å². The minimum atomic E-state index is -0.958. The highest BCUT2D eigenvalue weighted by atomic mass is 16.5. The molecule has 0 aliphatic heterocycles. The highest BCUT2D eigenvalue weighted by Gasteiger charge is 2.24. The van der Waals surface area contributed by atoms with Crippen molar-refractivity contribution >= 4 is 17.9 Å². The van der Waals surface area contributed by atoms with Crippen LogP contribution in [0.1, 0.15) is 92.3 Å². The van der Waals surface area contributed by atoms with Crippen LogP contribution in [-0.2, 0) is 37.4 Å². The molecule has 0 fully saturated rings. The van der Waals surface area contributed by atoms with E-state index in [1.54, 1.807) is 52.0 Å². The Morgan fingerprint density at radius 3 is 1.51 bits per heavy atom. The number of aliphatic hydroxyl groups excluding tert-OH is 1. The van der Waals surface area contributed by atoms with E-state index in [-0.39, 0.29) is 11.4 Å². The number of aliphatic hydroxyl groups is 2. The fourth-order valence-electron chi connectivity index (χ4n) is 3.02. The lowest BCUT2D eigenvalue weighted by molar-refractivity contribution is -0.145. The molecule has 2 unspecified atom stereocenters. The molecule has 2 atom stereocenters. The van der Waals surface area contributed by atoms with Gasteiger partial charge in [-0.25, -0.2) is 0 Å². The Labute approximate surface area is 270 Å². The standard InChI is InChI=1S/C16H23NO4.C13H19NO2.C5H12.CH4O2/c1-5-20-14(18)13(17)10-11-6-8-12(9-7-11)21-15(19)16(2,3)4;1-13(2,3)10-6-4-9(5-7-10)8-11(14)12(15)16;1-4-5(2)3;2-1-3/h6-9,13H,5,10,17H2,1-4H3;4-7,11H,8,14H2,1-3H3,(H,15,16);5H,4H2,1-3H3;2-3H,1H2. The van der Waals surface area contributed by atoms with E-state index in [2.05, 4.69) is 41.5 Å². The molecular formula is C35H58N2O8. The monoisotopic (exact) mass is 634 g/mol. The average molecular weight is 635 g/mol. The van der Waals surface area contributed by atoms with E-state index in [0.717, 1.165) is 17.0 Å². The maximum Gasteiger partial charge on any atom is 0.323 e. The second-order valence-electron chi connectivity index (χ2n) is 12.9. The van der Waals surface area contributed by atoms with E-state index < -0.39 is 36.2 Å². The van der Waals surface area contributed by atoms with Gasteiger partial charge in [-0.05, 0) is 80.7 Å². The summed E-state index contributed by atoms with van der Waals surface area (Å²) in [5.74, 6) is -0.308. The first-order valence-corrected chi connectivity index (χ1v) is 15.3.